The lowest BCUT2D eigenvalue weighted by molar-refractivity contribution is -0.384. The summed E-state index contributed by atoms with van der Waals surface area (Å²) in [7, 11) is 0. The maximum absolute atomic E-state index is 12.7. The smallest absolute Gasteiger partial charge is 0.269 e. The number of nitrogens with one attached hydrogen (secondary N) is 1. The van der Waals surface area contributed by atoms with E-state index in [2.05, 4.69) is 5.32 Å². The van der Waals surface area contributed by atoms with Gasteiger partial charge in [0.15, 0.2) is 0 Å². The molecule has 5 rings (SSSR count). The minimum atomic E-state index is -0.435. The lowest BCUT2D eigenvalue weighted by Crippen LogP contribution is -2.23. The summed E-state index contributed by atoms with van der Waals surface area (Å²) in [5, 5.41) is 13.5. The van der Waals surface area contributed by atoms with E-state index in [0.29, 0.717) is 29.6 Å². The first-order valence-electron chi connectivity index (χ1n) is 8.91. The molecule has 28 heavy (non-hydrogen) atoms. The molecule has 2 aliphatic carbocycles. The van der Waals surface area contributed by atoms with Crippen molar-refractivity contribution in [2.75, 3.05) is 0 Å². The molecule has 1 aliphatic heterocycles. The molecule has 0 atom stereocenters. The first-order chi connectivity index (χ1) is 13.5. The van der Waals surface area contributed by atoms with Gasteiger partial charge in [0.05, 0.1) is 16.1 Å². The summed E-state index contributed by atoms with van der Waals surface area (Å²) in [6.07, 6.45) is 5.04. The van der Waals surface area contributed by atoms with E-state index in [1.54, 1.807) is 6.07 Å². The molecule has 0 spiro atoms. The van der Waals surface area contributed by atoms with Gasteiger partial charge in [-0.2, -0.15) is 0 Å². The second-order valence-electron chi connectivity index (χ2n) is 6.93. The number of nitro groups is 1. The van der Waals surface area contributed by atoms with Gasteiger partial charge < -0.3 is 0 Å². The van der Waals surface area contributed by atoms with E-state index < -0.39 is 16.7 Å². The number of rotatable bonds is 3. The van der Waals surface area contributed by atoms with Gasteiger partial charge in [-0.15, -0.1) is 0 Å². The molecule has 0 unspecified atom stereocenters. The normalized spacial score (nSPS) is 17.3. The Morgan fingerprint density at radius 3 is 2.11 bits per heavy atom. The molecule has 136 valence electrons. The zero-order valence-electron chi connectivity index (χ0n) is 14.7. The molecule has 0 aromatic heterocycles. The number of fused-ring (bicyclic) bond motifs is 2. The SMILES string of the molecule is O=C1NC(=O)C(C2=CCc3cc([N+](=O)[O-])ccc32)=C1C1=CCc2ccccc21. The summed E-state index contributed by atoms with van der Waals surface area (Å²) in [5.41, 5.74) is 5.79. The standard InChI is InChI=1S/C22H14N2O4/c25-21-19(17-8-5-12-3-1-2-4-15(12)17)20(22(26)23-21)18-9-6-13-11-14(24(27)28)7-10-16(13)18/h1-4,7-11H,5-6H2,(H,23,25,26). The highest BCUT2D eigenvalue weighted by Gasteiger charge is 2.38. The zero-order chi connectivity index (χ0) is 19.4. The Bertz CT molecular complexity index is 1200. The van der Waals surface area contributed by atoms with Crippen LogP contribution in [0.25, 0.3) is 11.1 Å². The van der Waals surface area contributed by atoms with Crippen LogP contribution in [-0.2, 0) is 22.4 Å². The fourth-order valence-corrected chi connectivity index (χ4v) is 4.17. The molecule has 2 amide bonds. The fourth-order valence-electron chi connectivity index (χ4n) is 4.17. The van der Waals surface area contributed by atoms with E-state index in [0.717, 1.165) is 27.8 Å². The van der Waals surface area contributed by atoms with Gasteiger partial charge in [-0.05, 0) is 52.3 Å². The van der Waals surface area contributed by atoms with Crippen LogP contribution in [0, 0.1) is 10.1 Å². The molecule has 2 aromatic rings. The van der Waals surface area contributed by atoms with Gasteiger partial charge in [0.25, 0.3) is 17.5 Å². The average molecular weight is 370 g/mol. The predicted octanol–water partition coefficient (Wildman–Crippen LogP) is 3.13. The second-order valence-corrected chi connectivity index (χ2v) is 6.93. The Morgan fingerprint density at radius 1 is 0.821 bits per heavy atom. The number of carbonyl (C=O) groups excluding carboxylic acids is 2. The Hall–Kier alpha value is -3.80. The molecule has 6 heteroatoms. The molecule has 3 aliphatic rings. The largest absolute Gasteiger partial charge is 0.288 e. The number of imide groups is 1. The Balaban J connectivity index is 1.66. The van der Waals surface area contributed by atoms with Crippen LogP contribution >= 0.6 is 0 Å². The summed E-state index contributed by atoms with van der Waals surface area (Å²) < 4.78 is 0. The van der Waals surface area contributed by atoms with E-state index >= 15 is 0 Å². The van der Waals surface area contributed by atoms with Gasteiger partial charge in [-0.25, -0.2) is 0 Å². The fraction of sp³-hybridized carbons (Fsp3) is 0.0909. The van der Waals surface area contributed by atoms with E-state index in [9.17, 15) is 19.7 Å². The van der Waals surface area contributed by atoms with Crippen molar-refractivity contribution >= 4 is 28.6 Å². The molecule has 0 bridgehead atoms. The van der Waals surface area contributed by atoms with Crippen LogP contribution in [0.4, 0.5) is 5.69 Å². The molecule has 0 fully saturated rings. The molecule has 0 radical (unpaired) electrons. The Labute approximate surface area is 160 Å². The van der Waals surface area contributed by atoms with Gasteiger partial charge in [-0.3, -0.25) is 25.0 Å². The lowest BCUT2D eigenvalue weighted by atomic mass is 9.90. The van der Waals surface area contributed by atoms with Crippen molar-refractivity contribution in [1.82, 2.24) is 5.32 Å². The number of hydrogen-bond donors (Lipinski definition) is 1. The van der Waals surface area contributed by atoms with Crippen LogP contribution in [-0.4, -0.2) is 16.7 Å². The number of non-ortho nitro benzene ring substituents is 1. The third-order valence-electron chi connectivity index (χ3n) is 5.42. The third kappa shape index (κ3) is 2.28. The molecular weight excluding hydrogens is 356 g/mol. The molecule has 0 saturated carbocycles. The monoisotopic (exact) mass is 370 g/mol. The molecule has 2 aromatic carbocycles. The zero-order valence-corrected chi connectivity index (χ0v) is 14.7. The van der Waals surface area contributed by atoms with Gasteiger partial charge >= 0.3 is 0 Å². The molecule has 6 nitrogen and oxygen atoms in total. The number of nitro benzene ring substituents is 1. The molecule has 0 saturated heterocycles. The minimum Gasteiger partial charge on any atom is -0.288 e. The van der Waals surface area contributed by atoms with Crippen molar-refractivity contribution in [3.05, 3.63) is 98.1 Å². The predicted molar refractivity (Wildman–Crippen MR) is 103 cm³/mol. The van der Waals surface area contributed by atoms with Crippen molar-refractivity contribution in [3.63, 3.8) is 0 Å². The lowest BCUT2D eigenvalue weighted by Gasteiger charge is -2.10. The highest BCUT2D eigenvalue weighted by Crippen LogP contribution is 2.42. The summed E-state index contributed by atoms with van der Waals surface area (Å²) in [4.78, 5) is 35.9. The number of hydrogen-bond acceptors (Lipinski definition) is 4. The number of amides is 2. The first kappa shape index (κ1) is 16.4. The summed E-state index contributed by atoms with van der Waals surface area (Å²) in [6, 6.07) is 12.4. The second kappa shape index (κ2) is 5.85. The molecular formula is C22H14N2O4. The van der Waals surface area contributed by atoms with Crippen molar-refractivity contribution in [3.8, 4) is 0 Å². The highest BCUT2D eigenvalue weighted by molar-refractivity contribution is 6.32. The van der Waals surface area contributed by atoms with Gasteiger partial charge in [-0.1, -0.05) is 36.4 Å². The van der Waals surface area contributed by atoms with E-state index in [1.165, 1.54) is 12.1 Å². The van der Waals surface area contributed by atoms with Gasteiger partial charge in [0.1, 0.15) is 0 Å². The van der Waals surface area contributed by atoms with Crippen LogP contribution in [0.2, 0.25) is 0 Å². The summed E-state index contributed by atoms with van der Waals surface area (Å²) in [6.45, 7) is 0. The number of carbonyl (C=O) groups is 2. The molecule has 1 heterocycles. The summed E-state index contributed by atoms with van der Waals surface area (Å²) in [5.74, 6) is -0.832. The minimum absolute atomic E-state index is 0.0157. The van der Waals surface area contributed by atoms with E-state index in [1.807, 2.05) is 36.4 Å². The van der Waals surface area contributed by atoms with E-state index in [-0.39, 0.29) is 5.69 Å². The van der Waals surface area contributed by atoms with Gasteiger partial charge in [0.2, 0.25) is 0 Å². The third-order valence-corrected chi connectivity index (χ3v) is 5.42. The Kier molecular flexibility index (Phi) is 3.42. The quantitative estimate of drug-likeness (QED) is 0.511. The molecule has 1 N–H and O–H groups in total. The van der Waals surface area contributed by atoms with Crippen LogP contribution in [0.5, 0.6) is 0 Å². The van der Waals surface area contributed by atoms with Crippen LogP contribution in [0.3, 0.4) is 0 Å². The number of allylic oxidation sites excluding steroid dienone is 2. The maximum atomic E-state index is 12.7. The van der Waals surface area contributed by atoms with Crippen LogP contribution in [0.1, 0.15) is 22.3 Å². The van der Waals surface area contributed by atoms with Crippen LogP contribution in [0.15, 0.2) is 65.8 Å². The van der Waals surface area contributed by atoms with Crippen molar-refractivity contribution in [2.24, 2.45) is 0 Å². The van der Waals surface area contributed by atoms with E-state index in [4.69, 9.17) is 0 Å². The first-order valence-corrected chi connectivity index (χ1v) is 8.91. The maximum Gasteiger partial charge on any atom is 0.269 e. The van der Waals surface area contributed by atoms with Crippen molar-refractivity contribution in [1.29, 1.82) is 0 Å². The number of benzene rings is 2. The summed E-state index contributed by atoms with van der Waals surface area (Å²) >= 11 is 0. The Morgan fingerprint density at radius 2 is 1.43 bits per heavy atom. The average Bonchev–Trinajstić information content (AvgIpc) is 3.35. The highest BCUT2D eigenvalue weighted by atomic mass is 16.6. The van der Waals surface area contributed by atoms with Crippen molar-refractivity contribution < 1.29 is 14.5 Å². The van der Waals surface area contributed by atoms with Crippen LogP contribution < -0.4 is 5.32 Å². The number of nitrogens with zero attached hydrogens (tertiary/aromatic N) is 1. The van der Waals surface area contributed by atoms with Crippen molar-refractivity contribution in [2.45, 2.75) is 12.8 Å². The van der Waals surface area contributed by atoms with Gasteiger partial charge in [0, 0.05) is 12.1 Å². The topological polar surface area (TPSA) is 89.3 Å².